The highest BCUT2D eigenvalue weighted by molar-refractivity contribution is 5.75. The maximum Gasteiger partial charge on any atom is 0.247 e. The monoisotopic (exact) mass is 379 g/mol. The molecule has 0 unspecified atom stereocenters. The summed E-state index contributed by atoms with van der Waals surface area (Å²) in [5.74, 6) is 2.49. The summed E-state index contributed by atoms with van der Waals surface area (Å²) in [6.45, 7) is 1.56. The zero-order valence-corrected chi connectivity index (χ0v) is 15.4. The Balaban J connectivity index is 1.21. The quantitative estimate of drug-likeness (QED) is 0.679. The summed E-state index contributed by atoms with van der Waals surface area (Å²) in [6.07, 6.45) is 1.61. The van der Waals surface area contributed by atoms with E-state index in [2.05, 4.69) is 15.5 Å². The number of carbonyl (C=O) groups excluding carboxylic acids is 1. The first-order chi connectivity index (χ1) is 13.8. The summed E-state index contributed by atoms with van der Waals surface area (Å²) < 4.78 is 16.7. The van der Waals surface area contributed by atoms with Crippen LogP contribution in [-0.2, 0) is 17.8 Å². The maximum atomic E-state index is 12.1. The number of aryl methyl sites for hydroxylation is 1. The zero-order chi connectivity index (χ0) is 19.2. The minimum atomic E-state index is -0.0160. The van der Waals surface area contributed by atoms with Crippen LogP contribution in [-0.4, -0.2) is 29.3 Å². The highest BCUT2D eigenvalue weighted by atomic mass is 16.6. The third-order valence-corrected chi connectivity index (χ3v) is 4.38. The molecule has 144 valence electrons. The Morgan fingerprint density at radius 3 is 2.68 bits per heavy atom. The van der Waals surface area contributed by atoms with Gasteiger partial charge in [0.05, 0.1) is 0 Å². The van der Waals surface area contributed by atoms with E-state index in [1.807, 2.05) is 48.5 Å². The van der Waals surface area contributed by atoms with Crippen LogP contribution >= 0.6 is 0 Å². The van der Waals surface area contributed by atoms with Crippen molar-refractivity contribution in [3.63, 3.8) is 0 Å². The Morgan fingerprint density at radius 2 is 1.82 bits per heavy atom. The van der Waals surface area contributed by atoms with Crippen LogP contribution in [0.25, 0.3) is 11.5 Å². The van der Waals surface area contributed by atoms with Gasteiger partial charge in [0.1, 0.15) is 13.2 Å². The van der Waals surface area contributed by atoms with Crippen molar-refractivity contribution in [2.75, 3.05) is 13.2 Å². The number of ether oxygens (including phenoxy) is 2. The molecule has 2 heterocycles. The van der Waals surface area contributed by atoms with Gasteiger partial charge in [-0.3, -0.25) is 4.79 Å². The number of rotatable bonds is 7. The normalized spacial score (nSPS) is 12.6. The highest BCUT2D eigenvalue weighted by Gasteiger charge is 2.12. The van der Waals surface area contributed by atoms with Crippen molar-refractivity contribution in [1.82, 2.24) is 15.5 Å². The standard InChI is InChI=1S/C21H21N3O4/c25-19(22-14-15-9-10-17-18(13-15)27-12-11-26-17)7-4-8-20-23-24-21(28-20)16-5-2-1-3-6-16/h1-3,5-6,9-10,13H,4,7-8,11-12,14H2,(H,22,25). The predicted molar refractivity (Wildman–Crippen MR) is 102 cm³/mol. The van der Waals surface area contributed by atoms with Crippen LogP contribution in [0.4, 0.5) is 0 Å². The lowest BCUT2D eigenvalue weighted by atomic mass is 10.2. The fourth-order valence-corrected chi connectivity index (χ4v) is 2.94. The van der Waals surface area contributed by atoms with Gasteiger partial charge in [0.25, 0.3) is 0 Å². The van der Waals surface area contributed by atoms with E-state index in [1.165, 1.54) is 0 Å². The fourth-order valence-electron chi connectivity index (χ4n) is 2.94. The van der Waals surface area contributed by atoms with E-state index in [4.69, 9.17) is 13.9 Å². The van der Waals surface area contributed by atoms with Gasteiger partial charge in [0.2, 0.25) is 17.7 Å². The first kappa shape index (κ1) is 18.0. The van der Waals surface area contributed by atoms with E-state index < -0.39 is 0 Å². The molecule has 0 spiro atoms. The minimum Gasteiger partial charge on any atom is -0.486 e. The molecule has 1 aliphatic heterocycles. The molecule has 1 aliphatic rings. The second-order valence-electron chi connectivity index (χ2n) is 6.48. The predicted octanol–water partition coefficient (Wildman–Crippen LogP) is 3.15. The largest absolute Gasteiger partial charge is 0.486 e. The van der Waals surface area contributed by atoms with E-state index >= 15 is 0 Å². The van der Waals surface area contributed by atoms with Crippen molar-refractivity contribution in [2.24, 2.45) is 0 Å². The van der Waals surface area contributed by atoms with Crippen LogP contribution in [0.5, 0.6) is 11.5 Å². The number of hydrogen-bond donors (Lipinski definition) is 1. The molecule has 7 heteroatoms. The number of amides is 1. The lowest BCUT2D eigenvalue weighted by molar-refractivity contribution is -0.121. The van der Waals surface area contributed by atoms with Crippen LogP contribution in [0.1, 0.15) is 24.3 Å². The molecule has 0 bridgehead atoms. The third-order valence-electron chi connectivity index (χ3n) is 4.38. The second kappa shape index (κ2) is 8.56. The lowest BCUT2D eigenvalue weighted by Gasteiger charge is -2.18. The topological polar surface area (TPSA) is 86.5 Å². The summed E-state index contributed by atoms with van der Waals surface area (Å²) in [5, 5.41) is 11.0. The average Bonchev–Trinajstić information content (AvgIpc) is 3.22. The van der Waals surface area contributed by atoms with Crippen LogP contribution in [0, 0.1) is 0 Å². The first-order valence-electron chi connectivity index (χ1n) is 9.31. The number of hydrogen-bond acceptors (Lipinski definition) is 6. The maximum absolute atomic E-state index is 12.1. The summed E-state index contributed by atoms with van der Waals surface area (Å²) in [4.78, 5) is 12.1. The molecule has 28 heavy (non-hydrogen) atoms. The summed E-state index contributed by atoms with van der Waals surface area (Å²) >= 11 is 0. The second-order valence-corrected chi connectivity index (χ2v) is 6.48. The number of carbonyl (C=O) groups is 1. The van der Waals surface area contributed by atoms with Crippen LogP contribution in [0.15, 0.2) is 52.9 Å². The molecule has 1 amide bonds. The van der Waals surface area contributed by atoms with Gasteiger partial charge in [-0.2, -0.15) is 0 Å². The smallest absolute Gasteiger partial charge is 0.247 e. The molecular formula is C21H21N3O4. The van der Waals surface area contributed by atoms with Gasteiger partial charge in [0.15, 0.2) is 11.5 Å². The molecule has 4 rings (SSSR count). The van der Waals surface area contributed by atoms with Crippen LogP contribution in [0.3, 0.4) is 0 Å². The Bertz CT molecular complexity index is 940. The Kier molecular flexibility index (Phi) is 5.51. The van der Waals surface area contributed by atoms with E-state index in [0.29, 0.717) is 50.8 Å². The lowest BCUT2D eigenvalue weighted by Crippen LogP contribution is -2.23. The molecule has 0 saturated carbocycles. The van der Waals surface area contributed by atoms with Crippen molar-refractivity contribution in [1.29, 1.82) is 0 Å². The van der Waals surface area contributed by atoms with Gasteiger partial charge in [-0.1, -0.05) is 24.3 Å². The number of nitrogens with one attached hydrogen (secondary N) is 1. The van der Waals surface area contributed by atoms with Crippen molar-refractivity contribution < 1.29 is 18.7 Å². The van der Waals surface area contributed by atoms with Gasteiger partial charge in [-0.05, 0) is 36.2 Å². The molecule has 7 nitrogen and oxygen atoms in total. The summed E-state index contributed by atoms with van der Waals surface area (Å²) in [6, 6.07) is 15.3. The Hall–Kier alpha value is -3.35. The summed E-state index contributed by atoms with van der Waals surface area (Å²) in [5.41, 5.74) is 1.86. The number of aromatic nitrogens is 2. The zero-order valence-electron chi connectivity index (χ0n) is 15.4. The first-order valence-corrected chi connectivity index (χ1v) is 9.31. The Morgan fingerprint density at radius 1 is 1.00 bits per heavy atom. The van der Waals surface area contributed by atoms with E-state index in [9.17, 15) is 4.79 Å². The molecule has 0 saturated heterocycles. The van der Waals surface area contributed by atoms with Crippen molar-refractivity contribution in [3.8, 4) is 23.0 Å². The third kappa shape index (κ3) is 4.49. The van der Waals surface area contributed by atoms with E-state index in [-0.39, 0.29) is 5.91 Å². The molecular weight excluding hydrogens is 358 g/mol. The molecule has 3 aromatic rings. The Labute approximate surface area is 162 Å². The molecule has 1 N–H and O–H groups in total. The van der Waals surface area contributed by atoms with Gasteiger partial charge < -0.3 is 19.2 Å². The molecule has 0 aliphatic carbocycles. The van der Waals surface area contributed by atoms with Crippen molar-refractivity contribution in [2.45, 2.75) is 25.8 Å². The van der Waals surface area contributed by atoms with Gasteiger partial charge in [-0.25, -0.2) is 0 Å². The van der Waals surface area contributed by atoms with Gasteiger partial charge in [-0.15, -0.1) is 10.2 Å². The molecule has 0 fully saturated rings. The number of fused-ring (bicyclic) bond motifs is 1. The average molecular weight is 379 g/mol. The number of benzene rings is 2. The van der Waals surface area contributed by atoms with E-state index in [1.54, 1.807) is 0 Å². The highest BCUT2D eigenvalue weighted by Crippen LogP contribution is 2.30. The molecule has 0 atom stereocenters. The SMILES string of the molecule is O=C(CCCc1nnc(-c2ccccc2)o1)NCc1ccc2c(c1)OCCO2. The number of nitrogens with zero attached hydrogens (tertiary/aromatic N) is 2. The van der Waals surface area contributed by atoms with Gasteiger partial charge >= 0.3 is 0 Å². The molecule has 2 aromatic carbocycles. The fraction of sp³-hybridized carbons (Fsp3) is 0.286. The minimum absolute atomic E-state index is 0.0160. The summed E-state index contributed by atoms with van der Waals surface area (Å²) in [7, 11) is 0. The van der Waals surface area contributed by atoms with Crippen LogP contribution in [0.2, 0.25) is 0 Å². The molecule has 0 radical (unpaired) electrons. The van der Waals surface area contributed by atoms with Crippen molar-refractivity contribution in [3.05, 3.63) is 60.0 Å². The van der Waals surface area contributed by atoms with E-state index in [0.717, 1.165) is 22.6 Å². The van der Waals surface area contributed by atoms with Crippen molar-refractivity contribution >= 4 is 5.91 Å². The van der Waals surface area contributed by atoms with Crippen LogP contribution < -0.4 is 14.8 Å². The molecule has 1 aromatic heterocycles. The van der Waals surface area contributed by atoms with Gasteiger partial charge in [0, 0.05) is 24.9 Å².